The third-order valence-electron chi connectivity index (χ3n) is 4.89. The maximum absolute atomic E-state index is 12.5. The van der Waals surface area contributed by atoms with Gasteiger partial charge in [-0.25, -0.2) is 4.79 Å². The molecule has 1 atom stereocenters. The number of urea groups is 1. The van der Waals surface area contributed by atoms with Crippen LogP contribution in [0.2, 0.25) is 0 Å². The Morgan fingerprint density at radius 2 is 1.88 bits per heavy atom. The lowest BCUT2D eigenvalue weighted by atomic mass is 9.83. The lowest BCUT2D eigenvalue weighted by Crippen LogP contribution is -2.49. The summed E-state index contributed by atoms with van der Waals surface area (Å²) < 4.78 is -0.226. The van der Waals surface area contributed by atoms with Gasteiger partial charge in [0.2, 0.25) is 5.91 Å². The molecule has 1 aromatic rings. The molecule has 6 heteroatoms. The molecular formula is C18H25N3O2S. The summed E-state index contributed by atoms with van der Waals surface area (Å²) >= 11 is 1.66. The molecule has 0 aromatic heterocycles. The lowest BCUT2D eigenvalue weighted by Gasteiger charge is -2.39. The van der Waals surface area contributed by atoms with Crippen molar-refractivity contribution in [3.05, 3.63) is 29.8 Å². The van der Waals surface area contributed by atoms with E-state index in [1.165, 1.54) is 0 Å². The Morgan fingerprint density at radius 3 is 2.38 bits per heavy atom. The topological polar surface area (TPSA) is 70.2 Å². The first-order chi connectivity index (χ1) is 11.5. The highest BCUT2D eigenvalue weighted by molar-refractivity contribution is 8.00. The third-order valence-corrected chi connectivity index (χ3v) is 6.27. The summed E-state index contributed by atoms with van der Waals surface area (Å²) in [6, 6.07) is 7.79. The molecule has 0 heterocycles. The summed E-state index contributed by atoms with van der Waals surface area (Å²) in [7, 11) is 0. The Kier molecular flexibility index (Phi) is 5.04. The van der Waals surface area contributed by atoms with Crippen LogP contribution in [0.5, 0.6) is 0 Å². The zero-order valence-electron chi connectivity index (χ0n) is 14.2. The van der Waals surface area contributed by atoms with Crippen LogP contribution in [0.3, 0.4) is 0 Å². The number of hydrogen-bond donors (Lipinski definition) is 3. The molecule has 1 aromatic carbocycles. The van der Waals surface area contributed by atoms with E-state index in [2.05, 4.69) is 16.0 Å². The normalized spacial score (nSPS) is 19.8. The minimum Gasteiger partial charge on any atom is -0.348 e. The Labute approximate surface area is 147 Å². The summed E-state index contributed by atoms with van der Waals surface area (Å²) in [5.41, 5.74) is 1.79. The number of carbonyl (C=O) groups excluding carboxylic acids is 2. The summed E-state index contributed by atoms with van der Waals surface area (Å²) in [5.74, 6) is 0.139. The summed E-state index contributed by atoms with van der Waals surface area (Å²) in [6.07, 6.45) is 7.21. The third kappa shape index (κ3) is 3.86. The molecule has 0 spiro atoms. The highest BCUT2D eigenvalue weighted by atomic mass is 32.2. The van der Waals surface area contributed by atoms with Gasteiger partial charge in [0.05, 0.1) is 10.8 Å². The first-order valence-corrected chi connectivity index (χ1v) is 9.78. The first-order valence-electron chi connectivity index (χ1n) is 8.56. The van der Waals surface area contributed by atoms with Crippen LogP contribution in [-0.4, -0.2) is 29.0 Å². The number of carbonyl (C=O) groups is 2. The lowest BCUT2D eigenvalue weighted by molar-refractivity contribution is -0.126. The van der Waals surface area contributed by atoms with Crippen molar-refractivity contribution in [1.82, 2.24) is 10.6 Å². The number of rotatable bonds is 6. The molecule has 24 heavy (non-hydrogen) atoms. The van der Waals surface area contributed by atoms with E-state index >= 15 is 0 Å². The van der Waals surface area contributed by atoms with Crippen molar-refractivity contribution in [3.63, 3.8) is 0 Å². The van der Waals surface area contributed by atoms with Gasteiger partial charge in [-0.05, 0) is 63.0 Å². The van der Waals surface area contributed by atoms with Crippen molar-refractivity contribution in [3.8, 4) is 0 Å². The van der Waals surface area contributed by atoms with Crippen LogP contribution < -0.4 is 16.0 Å². The van der Waals surface area contributed by atoms with Crippen LogP contribution in [0.25, 0.3) is 0 Å². The highest BCUT2D eigenvalue weighted by Crippen LogP contribution is 2.43. The Hall–Kier alpha value is -1.69. The Balaban J connectivity index is 1.54. The van der Waals surface area contributed by atoms with E-state index < -0.39 is 0 Å². The van der Waals surface area contributed by atoms with Crippen molar-refractivity contribution in [1.29, 1.82) is 0 Å². The maximum atomic E-state index is 12.5. The largest absolute Gasteiger partial charge is 0.348 e. The molecule has 2 aliphatic carbocycles. The van der Waals surface area contributed by atoms with E-state index in [1.54, 1.807) is 11.8 Å². The fourth-order valence-corrected chi connectivity index (χ4v) is 3.81. The molecular weight excluding hydrogens is 322 g/mol. The van der Waals surface area contributed by atoms with E-state index in [9.17, 15) is 9.59 Å². The predicted octanol–water partition coefficient (Wildman–Crippen LogP) is 3.43. The predicted molar refractivity (Wildman–Crippen MR) is 98.3 cm³/mol. The van der Waals surface area contributed by atoms with Gasteiger partial charge in [0, 0.05) is 11.7 Å². The highest BCUT2D eigenvalue weighted by Gasteiger charge is 2.43. The van der Waals surface area contributed by atoms with Crippen LogP contribution in [0.4, 0.5) is 10.5 Å². The fourth-order valence-electron chi connectivity index (χ4n) is 2.87. The average molecular weight is 347 g/mol. The van der Waals surface area contributed by atoms with Gasteiger partial charge in [-0.2, -0.15) is 0 Å². The number of amides is 3. The van der Waals surface area contributed by atoms with Crippen LogP contribution in [0, 0.1) is 0 Å². The van der Waals surface area contributed by atoms with Crippen molar-refractivity contribution < 1.29 is 9.59 Å². The molecule has 0 radical (unpaired) electrons. The van der Waals surface area contributed by atoms with Crippen LogP contribution in [0.1, 0.15) is 50.6 Å². The number of hydrogen-bond acceptors (Lipinski definition) is 3. The van der Waals surface area contributed by atoms with Crippen LogP contribution >= 0.6 is 11.8 Å². The zero-order valence-corrected chi connectivity index (χ0v) is 15.0. The molecule has 0 saturated heterocycles. The minimum atomic E-state index is -0.226. The Bertz CT molecular complexity index is 604. The second-order valence-corrected chi connectivity index (χ2v) is 7.93. The van der Waals surface area contributed by atoms with E-state index in [4.69, 9.17) is 0 Å². The second-order valence-electron chi connectivity index (χ2n) is 6.74. The second kappa shape index (κ2) is 7.05. The van der Waals surface area contributed by atoms with E-state index in [-0.39, 0.29) is 22.7 Å². The fraction of sp³-hybridized carbons (Fsp3) is 0.556. The van der Waals surface area contributed by atoms with E-state index in [0.717, 1.165) is 43.4 Å². The van der Waals surface area contributed by atoms with Gasteiger partial charge < -0.3 is 16.0 Å². The SMILES string of the molecule is CSC1(C(=O)NC(C)c2ccc(NC(=O)NC3CC3)cc2)CCC1. The standard InChI is InChI=1S/C18H25N3O2S/c1-12(19-16(22)18(24-2)10-3-11-18)13-4-6-14(7-5-13)20-17(23)21-15-8-9-15/h4-7,12,15H,3,8-11H2,1-2H3,(H,19,22)(H2,20,21,23). The van der Waals surface area contributed by atoms with Crippen LogP contribution in [-0.2, 0) is 4.79 Å². The van der Waals surface area contributed by atoms with E-state index in [1.807, 2.05) is 37.4 Å². The minimum absolute atomic E-state index is 0.0449. The molecule has 3 N–H and O–H groups in total. The van der Waals surface area contributed by atoms with Gasteiger partial charge in [-0.15, -0.1) is 11.8 Å². The van der Waals surface area contributed by atoms with Gasteiger partial charge in [0.15, 0.2) is 0 Å². The van der Waals surface area contributed by atoms with Gasteiger partial charge in [0.1, 0.15) is 0 Å². The van der Waals surface area contributed by atoms with Crippen molar-refractivity contribution in [2.45, 2.75) is 55.9 Å². The van der Waals surface area contributed by atoms with Gasteiger partial charge in [0.25, 0.3) is 0 Å². The van der Waals surface area contributed by atoms with Gasteiger partial charge in [-0.3, -0.25) is 4.79 Å². The number of thioether (sulfide) groups is 1. The summed E-state index contributed by atoms with van der Waals surface area (Å²) in [5, 5.41) is 8.85. The van der Waals surface area contributed by atoms with Gasteiger partial charge in [-0.1, -0.05) is 12.1 Å². The molecule has 2 saturated carbocycles. The Morgan fingerprint density at radius 1 is 1.21 bits per heavy atom. The summed E-state index contributed by atoms with van der Waals surface area (Å²) in [4.78, 5) is 24.2. The molecule has 2 fully saturated rings. The number of nitrogens with one attached hydrogen (secondary N) is 3. The molecule has 0 aliphatic heterocycles. The molecule has 130 valence electrons. The first kappa shape index (κ1) is 17.1. The summed E-state index contributed by atoms with van der Waals surface area (Å²) in [6.45, 7) is 1.99. The molecule has 5 nitrogen and oxygen atoms in total. The van der Waals surface area contributed by atoms with Gasteiger partial charge >= 0.3 is 6.03 Å². The number of benzene rings is 1. The monoisotopic (exact) mass is 347 g/mol. The zero-order chi connectivity index (χ0) is 17.2. The number of anilines is 1. The van der Waals surface area contributed by atoms with Crippen molar-refractivity contribution >= 4 is 29.4 Å². The molecule has 3 rings (SSSR count). The van der Waals surface area contributed by atoms with Crippen LogP contribution in [0.15, 0.2) is 24.3 Å². The van der Waals surface area contributed by atoms with E-state index in [0.29, 0.717) is 6.04 Å². The smallest absolute Gasteiger partial charge is 0.319 e. The van der Waals surface area contributed by atoms with Crippen molar-refractivity contribution in [2.75, 3.05) is 11.6 Å². The molecule has 0 bridgehead atoms. The van der Waals surface area contributed by atoms with Crippen molar-refractivity contribution in [2.24, 2.45) is 0 Å². The quantitative estimate of drug-likeness (QED) is 0.738. The molecule has 3 amide bonds. The molecule has 2 aliphatic rings. The molecule has 1 unspecified atom stereocenters. The average Bonchev–Trinajstić information content (AvgIpc) is 3.31. The maximum Gasteiger partial charge on any atom is 0.319 e.